The van der Waals surface area contributed by atoms with Crippen LogP contribution in [-0.2, 0) is 5.60 Å². The van der Waals surface area contributed by atoms with E-state index in [9.17, 15) is 5.11 Å². The molecule has 0 aliphatic rings. The molecule has 1 heterocycles. The van der Waals surface area contributed by atoms with E-state index in [0.717, 1.165) is 17.0 Å². The highest BCUT2D eigenvalue weighted by Crippen LogP contribution is 2.35. The molecule has 0 saturated carbocycles. The van der Waals surface area contributed by atoms with Gasteiger partial charge in [0.2, 0.25) is 0 Å². The second-order valence-corrected chi connectivity index (χ2v) is 4.79. The first-order valence-electron chi connectivity index (χ1n) is 5.56. The topological polar surface area (TPSA) is 33.1 Å². The molecule has 2 rings (SSSR count). The van der Waals surface area contributed by atoms with Gasteiger partial charge in [0.1, 0.15) is 10.6 Å². The van der Waals surface area contributed by atoms with E-state index in [1.54, 1.807) is 6.20 Å². The van der Waals surface area contributed by atoms with Gasteiger partial charge in [0.25, 0.3) is 0 Å². The van der Waals surface area contributed by atoms with Crippen LogP contribution in [0, 0.1) is 0 Å². The molecule has 0 aliphatic carbocycles. The van der Waals surface area contributed by atoms with Gasteiger partial charge in [0.05, 0.1) is 0 Å². The van der Waals surface area contributed by atoms with Crippen molar-refractivity contribution in [1.82, 2.24) is 4.98 Å². The van der Waals surface area contributed by atoms with Crippen LogP contribution < -0.4 is 0 Å². The van der Waals surface area contributed by atoms with Crippen LogP contribution in [0.4, 0.5) is 0 Å². The van der Waals surface area contributed by atoms with E-state index in [0.29, 0.717) is 6.42 Å². The predicted molar refractivity (Wildman–Crippen MR) is 71.0 cm³/mol. The molecular weight excluding hydrogens is 230 g/mol. The summed E-state index contributed by atoms with van der Waals surface area (Å²) in [5, 5.41) is 13.5. The molecule has 0 aliphatic heterocycles. The molecule has 0 amide bonds. The van der Waals surface area contributed by atoms with E-state index < -0.39 is 5.60 Å². The summed E-state index contributed by atoms with van der Waals surface area (Å²) < 4.78 is 0. The van der Waals surface area contributed by atoms with Crippen molar-refractivity contribution in [3.8, 4) is 0 Å². The van der Waals surface area contributed by atoms with Gasteiger partial charge in [-0.2, -0.15) is 0 Å². The lowest BCUT2D eigenvalue weighted by atomic mass is 9.89. The highest BCUT2D eigenvalue weighted by molar-refractivity contribution is 7.09. The third-order valence-corrected chi connectivity index (χ3v) is 3.67. The molecule has 88 valence electrons. The summed E-state index contributed by atoms with van der Waals surface area (Å²) in [6.07, 6.45) is 4.91. The number of hydrogen-bond acceptors (Lipinski definition) is 3. The second-order valence-electron chi connectivity index (χ2n) is 3.89. The Balaban J connectivity index is 2.40. The van der Waals surface area contributed by atoms with E-state index in [-0.39, 0.29) is 0 Å². The second kappa shape index (κ2) is 5.25. The highest BCUT2D eigenvalue weighted by Gasteiger charge is 2.33. The molecule has 0 fully saturated rings. The van der Waals surface area contributed by atoms with Crippen LogP contribution in [0.2, 0.25) is 0 Å². The molecule has 0 radical (unpaired) electrons. The first-order valence-corrected chi connectivity index (χ1v) is 6.44. The predicted octanol–water partition coefficient (Wildman–Crippen LogP) is 3.35. The summed E-state index contributed by atoms with van der Waals surface area (Å²) in [4.78, 5) is 4.25. The standard InChI is InChI=1S/C14H15NOS/c1-2-3-9-14(16,13-15-10-11-17-13)12-7-5-4-6-8-12/h2,4-8,10-11,16H,1,3,9H2. The zero-order valence-corrected chi connectivity index (χ0v) is 10.4. The Bertz CT molecular complexity index is 466. The summed E-state index contributed by atoms with van der Waals surface area (Å²) in [6.45, 7) is 3.71. The van der Waals surface area contributed by atoms with Crippen LogP contribution in [0.1, 0.15) is 23.4 Å². The monoisotopic (exact) mass is 245 g/mol. The summed E-state index contributed by atoms with van der Waals surface area (Å²) in [5.74, 6) is 0. The molecule has 2 aromatic rings. The summed E-state index contributed by atoms with van der Waals surface area (Å²) in [7, 11) is 0. The Morgan fingerprint density at radius 3 is 2.71 bits per heavy atom. The Kier molecular flexibility index (Phi) is 3.71. The minimum Gasteiger partial charge on any atom is -0.378 e. The van der Waals surface area contributed by atoms with Crippen molar-refractivity contribution >= 4 is 11.3 Å². The van der Waals surface area contributed by atoms with Crippen LogP contribution >= 0.6 is 11.3 Å². The van der Waals surface area contributed by atoms with Gasteiger partial charge in [-0.25, -0.2) is 4.98 Å². The molecule has 1 unspecified atom stereocenters. The molecular formula is C14H15NOS. The van der Waals surface area contributed by atoms with Gasteiger partial charge < -0.3 is 5.11 Å². The van der Waals surface area contributed by atoms with E-state index in [1.807, 2.05) is 41.8 Å². The van der Waals surface area contributed by atoms with Gasteiger partial charge in [-0.3, -0.25) is 0 Å². The van der Waals surface area contributed by atoms with Crippen LogP contribution in [-0.4, -0.2) is 10.1 Å². The van der Waals surface area contributed by atoms with Crippen molar-refractivity contribution in [2.24, 2.45) is 0 Å². The molecule has 1 aromatic carbocycles. The molecule has 0 bridgehead atoms. The van der Waals surface area contributed by atoms with Gasteiger partial charge in [0.15, 0.2) is 0 Å². The fourth-order valence-corrected chi connectivity index (χ4v) is 2.61. The van der Waals surface area contributed by atoms with E-state index in [2.05, 4.69) is 11.6 Å². The van der Waals surface area contributed by atoms with Crippen molar-refractivity contribution in [2.45, 2.75) is 18.4 Å². The number of benzene rings is 1. The van der Waals surface area contributed by atoms with Gasteiger partial charge in [0, 0.05) is 11.6 Å². The summed E-state index contributed by atoms with van der Waals surface area (Å²) in [6, 6.07) is 9.68. The van der Waals surface area contributed by atoms with Crippen molar-refractivity contribution < 1.29 is 5.11 Å². The van der Waals surface area contributed by atoms with Gasteiger partial charge in [-0.15, -0.1) is 17.9 Å². The average Bonchev–Trinajstić information content (AvgIpc) is 2.91. The van der Waals surface area contributed by atoms with Crippen LogP contribution in [0.5, 0.6) is 0 Å². The minimum absolute atomic E-state index is 0.605. The Morgan fingerprint density at radius 2 is 2.12 bits per heavy atom. The molecule has 0 saturated heterocycles. The maximum absolute atomic E-state index is 10.9. The number of thiazole rings is 1. The average molecular weight is 245 g/mol. The van der Waals surface area contributed by atoms with Crippen molar-refractivity contribution in [3.63, 3.8) is 0 Å². The SMILES string of the molecule is C=CCCC(O)(c1ccccc1)c1nccs1. The Labute approximate surface area is 105 Å². The molecule has 3 heteroatoms. The Morgan fingerprint density at radius 1 is 1.35 bits per heavy atom. The molecule has 1 atom stereocenters. The van der Waals surface area contributed by atoms with Crippen molar-refractivity contribution in [2.75, 3.05) is 0 Å². The number of aliphatic hydroxyl groups is 1. The lowest BCUT2D eigenvalue weighted by molar-refractivity contribution is 0.0718. The largest absolute Gasteiger partial charge is 0.378 e. The van der Waals surface area contributed by atoms with Gasteiger partial charge in [-0.05, 0) is 18.4 Å². The number of aromatic nitrogens is 1. The molecule has 1 aromatic heterocycles. The minimum atomic E-state index is -0.996. The highest BCUT2D eigenvalue weighted by atomic mass is 32.1. The number of hydrogen-bond donors (Lipinski definition) is 1. The third-order valence-electron chi connectivity index (χ3n) is 2.75. The fraction of sp³-hybridized carbons (Fsp3) is 0.214. The molecule has 0 spiro atoms. The number of allylic oxidation sites excluding steroid dienone is 1. The molecule has 2 nitrogen and oxygen atoms in total. The van der Waals surface area contributed by atoms with Gasteiger partial charge >= 0.3 is 0 Å². The lowest BCUT2D eigenvalue weighted by Crippen LogP contribution is -2.26. The molecule has 17 heavy (non-hydrogen) atoms. The summed E-state index contributed by atoms with van der Waals surface area (Å²) in [5.41, 5.74) is -0.110. The van der Waals surface area contributed by atoms with Crippen molar-refractivity contribution in [3.05, 3.63) is 65.1 Å². The summed E-state index contributed by atoms with van der Waals surface area (Å²) >= 11 is 1.48. The van der Waals surface area contributed by atoms with E-state index >= 15 is 0 Å². The lowest BCUT2D eigenvalue weighted by Gasteiger charge is -2.26. The normalized spacial score (nSPS) is 14.2. The fourth-order valence-electron chi connectivity index (χ4n) is 1.83. The van der Waals surface area contributed by atoms with Crippen LogP contribution in [0.25, 0.3) is 0 Å². The first kappa shape index (κ1) is 12.0. The van der Waals surface area contributed by atoms with Gasteiger partial charge in [-0.1, -0.05) is 36.4 Å². The zero-order chi connectivity index (χ0) is 12.1. The van der Waals surface area contributed by atoms with Crippen LogP contribution in [0.15, 0.2) is 54.6 Å². The molecule has 1 N–H and O–H groups in total. The number of nitrogens with zero attached hydrogens (tertiary/aromatic N) is 1. The maximum Gasteiger partial charge on any atom is 0.141 e. The Hall–Kier alpha value is -1.45. The quantitative estimate of drug-likeness (QED) is 0.819. The van der Waals surface area contributed by atoms with Crippen molar-refractivity contribution in [1.29, 1.82) is 0 Å². The zero-order valence-electron chi connectivity index (χ0n) is 9.54. The van der Waals surface area contributed by atoms with E-state index in [4.69, 9.17) is 0 Å². The smallest absolute Gasteiger partial charge is 0.141 e. The maximum atomic E-state index is 10.9. The van der Waals surface area contributed by atoms with Crippen LogP contribution in [0.3, 0.4) is 0 Å². The third kappa shape index (κ3) is 2.46. The number of rotatable bonds is 5. The van der Waals surface area contributed by atoms with E-state index in [1.165, 1.54) is 11.3 Å². The first-order chi connectivity index (χ1) is 8.27.